The lowest BCUT2D eigenvalue weighted by atomic mass is 10.0. The Morgan fingerprint density at radius 2 is 1.73 bits per heavy atom. The Kier molecular flexibility index (Phi) is 5.85. The van der Waals surface area contributed by atoms with Crippen LogP contribution in [0.4, 0.5) is 5.00 Å². The number of nitrogens with one attached hydrogen (secondary N) is 1. The second-order valence-corrected chi connectivity index (χ2v) is 7.48. The topological polar surface area (TPSA) is 69.2 Å². The van der Waals surface area contributed by atoms with Crippen molar-refractivity contribution in [2.24, 2.45) is 0 Å². The number of carbonyl (C=O) groups excluding carboxylic acids is 2. The highest BCUT2D eigenvalue weighted by Crippen LogP contribution is 2.35. The van der Waals surface area contributed by atoms with Crippen LogP contribution >= 0.6 is 27.3 Å². The molecule has 4 nitrogen and oxygen atoms in total. The molecule has 0 spiro atoms. The van der Waals surface area contributed by atoms with E-state index in [0.29, 0.717) is 17.0 Å². The van der Waals surface area contributed by atoms with Gasteiger partial charge in [0.1, 0.15) is 5.00 Å². The smallest absolute Gasteiger partial charge is 0.225 e. The Morgan fingerprint density at radius 1 is 1.04 bits per heavy atom. The highest BCUT2D eigenvalue weighted by atomic mass is 79.9. The lowest BCUT2D eigenvalue weighted by Crippen LogP contribution is -2.24. The Morgan fingerprint density at radius 3 is 2.38 bits per heavy atom. The van der Waals surface area contributed by atoms with Crippen LogP contribution in [-0.2, 0) is 11.2 Å². The zero-order chi connectivity index (χ0) is 18.5. The van der Waals surface area contributed by atoms with Crippen molar-refractivity contribution < 1.29 is 14.7 Å². The first kappa shape index (κ1) is 18.4. The van der Waals surface area contributed by atoms with Gasteiger partial charge in [-0.05, 0) is 29.7 Å². The van der Waals surface area contributed by atoms with Crippen LogP contribution in [0.25, 0.3) is 11.1 Å². The van der Waals surface area contributed by atoms with E-state index in [0.717, 1.165) is 15.6 Å². The normalized spacial score (nSPS) is 10.5. The molecule has 0 bridgehead atoms. The molecule has 3 aromatic rings. The SMILES string of the molecule is O=C(CCc1ccccc1)Nc1scc(-c2ccc(Br)cc2)c1C(=O)[O-]. The Labute approximate surface area is 163 Å². The molecule has 3 rings (SSSR count). The number of thiophene rings is 1. The molecule has 0 saturated heterocycles. The van der Waals surface area contributed by atoms with Crippen molar-refractivity contribution in [1.29, 1.82) is 0 Å². The lowest BCUT2D eigenvalue weighted by molar-refractivity contribution is -0.254. The van der Waals surface area contributed by atoms with E-state index in [2.05, 4.69) is 21.2 Å². The number of carbonyl (C=O) groups is 2. The Bertz CT molecular complexity index is 920. The maximum Gasteiger partial charge on any atom is 0.225 e. The molecule has 26 heavy (non-hydrogen) atoms. The minimum absolute atomic E-state index is 0.0189. The summed E-state index contributed by atoms with van der Waals surface area (Å²) in [5, 5.41) is 16.4. The van der Waals surface area contributed by atoms with Crippen molar-refractivity contribution in [2.45, 2.75) is 12.8 Å². The summed E-state index contributed by atoms with van der Waals surface area (Å²) in [5.74, 6) is -1.52. The van der Waals surface area contributed by atoms with Crippen LogP contribution in [-0.4, -0.2) is 11.9 Å². The highest BCUT2D eigenvalue weighted by molar-refractivity contribution is 9.10. The molecule has 2 aromatic carbocycles. The zero-order valence-electron chi connectivity index (χ0n) is 13.7. The fourth-order valence-corrected chi connectivity index (χ4v) is 3.82. The molecular weight excluding hydrogens is 414 g/mol. The summed E-state index contributed by atoms with van der Waals surface area (Å²) in [4.78, 5) is 23.9. The van der Waals surface area contributed by atoms with Gasteiger partial charge < -0.3 is 15.2 Å². The molecule has 0 aliphatic rings. The van der Waals surface area contributed by atoms with E-state index in [1.807, 2.05) is 54.6 Å². The van der Waals surface area contributed by atoms with Gasteiger partial charge in [0.25, 0.3) is 0 Å². The molecule has 0 aliphatic heterocycles. The van der Waals surface area contributed by atoms with Gasteiger partial charge in [0.2, 0.25) is 5.91 Å². The Balaban J connectivity index is 1.76. The van der Waals surface area contributed by atoms with E-state index < -0.39 is 5.97 Å². The average molecular weight is 429 g/mol. The molecule has 1 N–H and O–H groups in total. The van der Waals surface area contributed by atoms with Crippen LogP contribution in [0.2, 0.25) is 0 Å². The second-order valence-electron chi connectivity index (χ2n) is 5.68. The maximum absolute atomic E-state index is 12.2. The van der Waals surface area contributed by atoms with Crippen LogP contribution in [0.5, 0.6) is 0 Å². The number of aromatic carboxylic acids is 1. The minimum Gasteiger partial charge on any atom is -0.545 e. The third-order valence-corrected chi connectivity index (χ3v) is 5.31. The number of carboxylic acids is 1. The van der Waals surface area contributed by atoms with Crippen LogP contribution in [0.3, 0.4) is 0 Å². The molecule has 1 aromatic heterocycles. The summed E-state index contributed by atoms with van der Waals surface area (Å²) in [7, 11) is 0. The van der Waals surface area contributed by atoms with Gasteiger partial charge in [0.05, 0.1) is 5.97 Å². The summed E-state index contributed by atoms with van der Waals surface area (Å²) in [6.45, 7) is 0. The first-order chi connectivity index (χ1) is 12.5. The van der Waals surface area contributed by atoms with E-state index >= 15 is 0 Å². The van der Waals surface area contributed by atoms with Crippen molar-refractivity contribution in [3.05, 3.63) is 75.6 Å². The fourth-order valence-electron chi connectivity index (χ4n) is 2.59. The number of hydrogen-bond acceptors (Lipinski definition) is 4. The van der Waals surface area contributed by atoms with E-state index in [1.54, 1.807) is 5.38 Å². The number of aryl methyl sites for hydroxylation is 1. The standard InChI is InChI=1S/C20H16BrNO3S/c21-15-9-7-14(8-10-15)16-12-26-19(18(16)20(24)25)22-17(23)11-6-13-4-2-1-3-5-13/h1-5,7-10,12H,6,11H2,(H,22,23)(H,24,25)/p-1. The molecule has 132 valence electrons. The van der Waals surface area contributed by atoms with Crippen LogP contribution < -0.4 is 10.4 Å². The summed E-state index contributed by atoms with van der Waals surface area (Å²) in [6.07, 6.45) is 0.875. The molecule has 0 atom stereocenters. The number of amides is 1. The Hall–Kier alpha value is -2.44. The molecule has 0 saturated carbocycles. The number of carboxylic acid groups (broad SMARTS) is 1. The summed E-state index contributed by atoms with van der Waals surface area (Å²) in [6, 6.07) is 17.0. The lowest BCUT2D eigenvalue weighted by Gasteiger charge is -2.10. The third-order valence-electron chi connectivity index (χ3n) is 3.89. The maximum atomic E-state index is 12.2. The van der Waals surface area contributed by atoms with Crippen molar-refractivity contribution in [3.8, 4) is 11.1 Å². The number of anilines is 1. The fraction of sp³-hybridized carbons (Fsp3) is 0.100. The molecular formula is C20H15BrNO3S-. The largest absolute Gasteiger partial charge is 0.545 e. The first-order valence-electron chi connectivity index (χ1n) is 7.97. The van der Waals surface area contributed by atoms with Gasteiger partial charge in [0, 0.05) is 27.4 Å². The summed E-state index contributed by atoms with van der Waals surface area (Å²) >= 11 is 4.55. The van der Waals surface area contributed by atoms with Crippen molar-refractivity contribution >= 4 is 44.1 Å². The predicted octanol–water partition coefficient (Wildman–Crippen LogP) is 4.11. The van der Waals surface area contributed by atoms with Gasteiger partial charge in [-0.1, -0.05) is 58.4 Å². The second kappa shape index (κ2) is 8.29. The average Bonchev–Trinajstić information content (AvgIpc) is 3.05. The highest BCUT2D eigenvalue weighted by Gasteiger charge is 2.16. The molecule has 0 aliphatic carbocycles. The predicted molar refractivity (Wildman–Crippen MR) is 105 cm³/mol. The van der Waals surface area contributed by atoms with Gasteiger partial charge in [-0.2, -0.15) is 0 Å². The molecule has 0 radical (unpaired) electrons. The third kappa shape index (κ3) is 4.39. The van der Waals surface area contributed by atoms with E-state index in [-0.39, 0.29) is 17.9 Å². The van der Waals surface area contributed by atoms with Crippen LogP contribution in [0.15, 0.2) is 64.5 Å². The van der Waals surface area contributed by atoms with Crippen molar-refractivity contribution in [1.82, 2.24) is 0 Å². The summed E-state index contributed by atoms with van der Waals surface area (Å²) in [5.41, 5.74) is 2.38. The zero-order valence-corrected chi connectivity index (χ0v) is 16.1. The first-order valence-corrected chi connectivity index (χ1v) is 9.64. The van der Waals surface area contributed by atoms with Gasteiger partial charge in [-0.3, -0.25) is 4.79 Å². The van der Waals surface area contributed by atoms with Crippen molar-refractivity contribution in [2.75, 3.05) is 5.32 Å². The number of halogens is 1. The number of hydrogen-bond donors (Lipinski definition) is 1. The molecule has 6 heteroatoms. The van der Waals surface area contributed by atoms with Crippen LogP contribution in [0, 0.1) is 0 Å². The van der Waals surface area contributed by atoms with Crippen molar-refractivity contribution in [3.63, 3.8) is 0 Å². The molecule has 1 heterocycles. The monoisotopic (exact) mass is 428 g/mol. The number of benzene rings is 2. The number of rotatable bonds is 6. The summed E-state index contributed by atoms with van der Waals surface area (Å²) < 4.78 is 0.904. The van der Waals surface area contributed by atoms with E-state index in [4.69, 9.17) is 0 Å². The quantitative estimate of drug-likeness (QED) is 0.641. The van der Waals surface area contributed by atoms with Gasteiger partial charge in [-0.25, -0.2) is 0 Å². The molecule has 1 amide bonds. The van der Waals surface area contributed by atoms with Gasteiger partial charge in [0.15, 0.2) is 0 Å². The van der Waals surface area contributed by atoms with Gasteiger partial charge in [-0.15, -0.1) is 11.3 Å². The van der Waals surface area contributed by atoms with E-state index in [9.17, 15) is 14.7 Å². The van der Waals surface area contributed by atoms with Crippen LogP contribution in [0.1, 0.15) is 22.3 Å². The minimum atomic E-state index is -1.30. The van der Waals surface area contributed by atoms with E-state index in [1.165, 1.54) is 11.3 Å². The molecule has 0 unspecified atom stereocenters. The van der Waals surface area contributed by atoms with Gasteiger partial charge >= 0.3 is 0 Å². The molecule has 0 fully saturated rings.